The first-order valence-corrected chi connectivity index (χ1v) is 11.4. The van der Waals surface area contributed by atoms with Gasteiger partial charge in [0.1, 0.15) is 11.4 Å². The predicted molar refractivity (Wildman–Crippen MR) is 123 cm³/mol. The average molecular weight is 458 g/mol. The summed E-state index contributed by atoms with van der Waals surface area (Å²) in [6.07, 6.45) is 1.20. The molecule has 3 heterocycles. The molecule has 11 heteroatoms. The summed E-state index contributed by atoms with van der Waals surface area (Å²) in [6, 6.07) is 7.64. The summed E-state index contributed by atoms with van der Waals surface area (Å²) in [5.74, 6) is 0.775. The van der Waals surface area contributed by atoms with E-state index in [1.54, 1.807) is 5.38 Å². The molecule has 0 aliphatic carbocycles. The molecule has 1 saturated heterocycles. The van der Waals surface area contributed by atoms with E-state index < -0.39 is 0 Å². The molecule has 0 spiro atoms. The Labute approximate surface area is 190 Å². The summed E-state index contributed by atoms with van der Waals surface area (Å²) in [7, 11) is 2.16. The molecule has 1 aliphatic rings. The van der Waals surface area contributed by atoms with Gasteiger partial charge in [-0.2, -0.15) is 0 Å². The number of benzene rings is 1. The largest absolute Gasteiger partial charge is 0.494 e. The molecule has 2 aromatic heterocycles. The molecule has 1 aliphatic heterocycles. The van der Waals surface area contributed by atoms with Crippen molar-refractivity contribution in [1.29, 1.82) is 0 Å². The second-order valence-corrected chi connectivity index (χ2v) is 8.61. The summed E-state index contributed by atoms with van der Waals surface area (Å²) < 4.78 is 10.5. The number of hydrogen-bond acceptors (Lipinski definition) is 10. The van der Waals surface area contributed by atoms with Crippen molar-refractivity contribution in [3.05, 3.63) is 35.2 Å². The van der Waals surface area contributed by atoms with E-state index in [1.165, 1.54) is 11.3 Å². The summed E-state index contributed by atoms with van der Waals surface area (Å²) in [5.41, 5.74) is 7.43. The molecule has 0 atom stereocenters. The second-order valence-electron chi connectivity index (χ2n) is 7.76. The topological polar surface area (TPSA) is 123 Å². The number of anilines is 2. The number of nitrogens with one attached hydrogen (secondary N) is 1. The smallest absolute Gasteiger partial charge is 0.230 e. The number of piperazine rings is 1. The lowest BCUT2D eigenvalue weighted by Gasteiger charge is -2.32. The molecule has 1 fully saturated rings. The number of carbonyl (C=O) groups is 1. The second kappa shape index (κ2) is 10.5. The number of hydrogen-bond donors (Lipinski definition) is 2. The Kier molecular flexibility index (Phi) is 7.30. The van der Waals surface area contributed by atoms with Crippen molar-refractivity contribution in [2.75, 3.05) is 57.4 Å². The molecular formula is C21H27N7O3S. The first-order chi connectivity index (χ1) is 15.6. The van der Waals surface area contributed by atoms with Crippen LogP contribution in [0.1, 0.15) is 12.0 Å². The van der Waals surface area contributed by atoms with Crippen molar-refractivity contribution in [1.82, 2.24) is 25.1 Å². The number of amides is 1. The number of nitrogens with two attached hydrogens (primary N) is 1. The minimum atomic E-state index is -0.163. The van der Waals surface area contributed by atoms with Crippen molar-refractivity contribution >= 4 is 28.2 Å². The van der Waals surface area contributed by atoms with Gasteiger partial charge in [-0.15, -0.1) is 11.3 Å². The Balaban J connectivity index is 1.22. The van der Waals surface area contributed by atoms with Crippen molar-refractivity contribution < 1.29 is 14.2 Å². The van der Waals surface area contributed by atoms with Gasteiger partial charge in [-0.3, -0.25) is 4.79 Å². The number of nitrogens with zero attached hydrogens (tertiary/aromatic N) is 5. The molecule has 10 nitrogen and oxygen atoms in total. The van der Waals surface area contributed by atoms with Crippen LogP contribution in [0.15, 0.2) is 34.3 Å². The van der Waals surface area contributed by atoms with Gasteiger partial charge in [0.05, 0.1) is 13.0 Å². The van der Waals surface area contributed by atoms with Crippen molar-refractivity contribution in [2.24, 2.45) is 0 Å². The van der Waals surface area contributed by atoms with E-state index in [4.69, 9.17) is 10.5 Å². The molecule has 3 N–H and O–H groups in total. The van der Waals surface area contributed by atoms with Crippen molar-refractivity contribution in [3.8, 4) is 17.1 Å². The van der Waals surface area contributed by atoms with Crippen LogP contribution in [-0.2, 0) is 11.2 Å². The van der Waals surface area contributed by atoms with Crippen LogP contribution in [0.2, 0.25) is 0 Å². The molecule has 4 rings (SSSR count). The standard InChI is InChI=1S/C21H27N7O3S/c1-27-7-9-28(10-8-27)6-3-11-30-16-5-2-4-15(12-16)13-18(29)24-21-23-17(14-32-21)19-20(22)26-31-25-19/h2,4-5,12,14H,3,6-11,13H2,1H3,(H2,22,26)(H,23,24,29). The minimum absolute atomic E-state index is 0.161. The van der Waals surface area contributed by atoms with Crippen molar-refractivity contribution in [3.63, 3.8) is 0 Å². The fourth-order valence-electron chi connectivity index (χ4n) is 3.46. The zero-order valence-electron chi connectivity index (χ0n) is 18.0. The number of thiazole rings is 1. The van der Waals surface area contributed by atoms with Gasteiger partial charge in [0, 0.05) is 38.1 Å². The van der Waals surface area contributed by atoms with E-state index in [1.807, 2.05) is 24.3 Å². The van der Waals surface area contributed by atoms with Crippen LogP contribution in [0.25, 0.3) is 11.4 Å². The van der Waals surface area contributed by atoms with E-state index in [2.05, 4.69) is 42.1 Å². The molecule has 0 radical (unpaired) electrons. The molecule has 0 saturated carbocycles. The van der Waals surface area contributed by atoms with Crippen LogP contribution in [0, 0.1) is 0 Å². The SMILES string of the molecule is CN1CCN(CCCOc2cccc(CC(=O)Nc3nc(-c4nonc4N)cs3)c2)CC1. The Morgan fingerprint density at radius 2 is 2.12 bits per heavy atom. The van der Waals surface area contributed by atoms with Gasteiger partial charge in [0.25, 0.3) is 0 Å². The summed E-state index contributed by atoms with van der Waals surface area (Å²) in [5, 5.41) is 12.3. The molecule has 3 aromatic rings. The molecule has 0 bridgehead atoms. The molecule has 32 heavy (non-hydrogen) atoms. The Hall–Kier alpha value is -3.02. The minimum Gasteiger partial charge on any atom is -0.494 e. The maximum absolute atomic E-state index is 12.4. The monoisotopic (exact) mass is 457 g/mol. The zero-order valence-corrected chi connectivity index (χ0v) is 18.8. The van der Waals surface area contributed by atoms with Crippen LogP contribution >= 0.6 is 11.3 Å². The molecule has 0 unspecified atom stereocenters. The quantitative estimate of drug-likeness (QED) is 0.464. The summed E-state index contributed by atoms with van der Waals surface area (Å²) in [6.45, 7) is 6.18. The molecule has 170 valence electrons. The van der Waals surface area contributed by atoms with Gasteiger partial charge in [-0.05, 0) is 41.5 Å². The maximum Gasteiger partial charge on any atom is 0.230 e. The van der Waals surface area contributed by atoms with E-state index in [-0.39, 0.29) is 18.1 Å². The van der Waals surface area contributed by atoms with E-state index in [0.717, 1.165) is 50.5 Å². The predicted octanol–water partition coefficient (Wildman–Crippen LogP) is 1.97. The lowest BCUT2D eigenvalue weighted by atomic mass is 10.1. The highest BCUT2D eigenvalue weighted by Gasteiger charge is 2.15. The normalized spacial score (nSPS) is 15.0. The van der Waals surface area contributed by atoms with Gasteiger partial charge in [0.15, 0.2) is 16.6 Å². The highest BCUT2D eigenvalue weighted by molar-refractivity contribution is 7.14. The van der Waals surface area contributed by atoms with Gasteiger partial charge in [-0.1, -0.05) is 12.1 Å². The van der Waals surface area contributed by atoms with Gasteiger partial charge in [0.2, 0.25) is 5.91 Å². The fraction of sp³-hybridized carbons (Fsp3) is 0.429. The first kappa shape index (κ1) is 22.2. The highest BCUT2D eigenvalue weighted by atomic mass is 32.1. The zero-order chi connectivity index (χ0) is 22.3. The van der Waals surface area contributed by atoms with Gasteiger partial charge < -0.3 is 25.6 Å². The third-order valence-electron chi connectivity index (χ3n) is 5.25. The first-order valence-electron chi connectivity index (χ1n) is 10.5. The number of nitrogen functional groups attached to an aromatic ring is 1. The van der Waals surface area contributed by atoms with Crippen LogP contribution in [0.3, 0.4) is 0 Å². The lowest BCUT2D eigenvalue weighted by Crippen LogP contribution is -2.44. The van der Waals surface area contributed by atoms with Crippen LogP contribution in [0.4, 0.5) is 10.9 Å². The third-order valence-corrected chi connectivity index (χ3v) is 6.01. The lowest BCUT2D eigenvalue weighted by molar-refractivity contribution is -0.115. The molecule has 1 aromatic carbocycles. The number of ether oxygens (including phenoxy) is 1. The highest BCUT2D eigenvalue weighted by Crippen LogP contribution is 2.26. The van der Waals surface area contributed by atoms with Crippen LogP contribution < -0.4 is 15.8 Å². The third kappa shape index (κ3) is 6.02. The van der Waals surface area contributed by atoms with Crippen LogP contribution in [0.5, 0.6) is 5.75 Å². The van der Waals surface area contributed by atoms with Gasteiger partial charge in [-0.25, -0.2) is 9.61 Å². The maximum atomic E-state index is 12.4. The number of likely N-dealkylation sites (N-methyl/N-ethyl adjacent to an activating group) is 1. The van der Waals surface area contributed by atoms with E-state index >= 15 is 0 Å². The summed E-state index contributed by atoms with van der Waals surface area (Å²) >= 11 is 1.28. The number of carbonyl (C=O) groups excluding carboxylic acids is 1. The fourth-order valence-corrected chi connectivity index (χ4v) is 4.17. The summed E-state index contributed by atoms with van der Waals surface area (Å²) in [4.78, 5) is 21.6. The number of rotatable bonds is 9. The number of aromatic nitrogens is 3. The van der Waals surface area contributed by atoms with E-state index in [9.17, 15) is 4.79 Å². The Morgan fingerprint density at radius 3 is 2.91 bits per heavy atom. The van der Waals surface area contributed by atoms with Crippen molar-refractivity contribution in [2.45, 2.75) is 12.8 Å². The average Bonchev–Trinajstić information content (AvgIpc) is 3.41. The Morgan fingerprint density at radius 1 is 1.28 bits per heavy atom. The molecule has 1 amide bonds. The Bertz CT molecular complexity index is 1030. The van der Waals surface area contributed by atoms with Gasteiger partial charge >= 0.3 is 0 Å². The van der Waals surface area contributed by atoms with Crippen LogP contribution in [-0.4, -0.2) is 77.4 Å². The molecular weight excluding hydrogens is 430 g/mol. The van der Waals surface area contributed by atoms with E-state index in [0.29, 0.717) is 23.1 Å².